The summed E-state index contributed by atoms with van der Waals surface area (Å²) in [5, 5.41) is 42.0. The second-order valence-electron chi connectivity index (χ2n) is 3.01. The predicted molar refractivity (Wildman–Crippen MR) is 53.7 cm³/mol. The molecule has 0 amide bonds. The molecule has 0 bridgehead atoms. The standard InChI is InChI=1S/C5H10O5.C4H8O2/c6-1-3(8)5(10)4(9)2-7;1-2-3-4(5)6/h1,3-5,7-10H,2H2;2-3H2,1H3,(H,5,6)/t3-,4+,5-;/m0./s1. The number of rotatable bonds is 6. The van der Waals surface area contributed by atoms with Gasteiger partial charge < -0.3 is 30.3 Å². The number of hydrogen-bond acceptors (Lipinski definition) is 6. The van der Waals surface area contributed by atoms with Gasteiger partial charge in [-0.2, -0.15) is 0 Å². The lowest BCUT2D eigenvalue weighted by molar-refractivity contribution is -0.137. The Kier molecular flexibility index (Phi) is 11.4. The molecule has 0 heterocycles. The van der Waals surface area contributed by atoms with Crippen molar-refractivity contribution >= 4 is 12.3 Å². The number of carbonyl (C=O) groups excluding carboxylic acids is 1. The van der Waals surface area contributed by atoms with Gasteiger partial charge in [0.2, 0.25) is 0 Å². The fraction of sp³-hybridized carbons (Fsp3) is 0.778. The van der Waals surface area contributed by atoms with E-state index in [2.05, 4.69) is 0 Å². The highest BCUT2D eigenvalue weighted by Gasteiger charge is 2.22. The van der Waals surface area contributed by atoms with Crippen LogP contribution in [0.4, 0.5) is 0 Å². The van der Waals surface area contributed by atoms with Crippen LogP contribution in [0, 0.1) is 0 Å². The number of carboxylic acid groups (broad SMARTS) is 1. The molecule has 16 heavy (non-hydrogen) atoms. The Labute approximate surface area is 93.0 Å². The third kappa shape index (κ3) is 9.53. The van der Waals surface area contributed by atoms with E-state index in [4.69, 9.17) is 25.5 Å². The fourth-order valence-corrected chi connectivity index (χ4v) is 0.630. The Morgan fingerprint density at radius 2 is 1.81 bits per heavy atom. The SMILES string of the molecule is CCCC(=O)O.O=C[C@H](O)[C@H](O)[C@H](O)CO. The summed E-state index contributed by atoms with van der Waals surface area (Å²) in [6, 6.07) is 0. The summed E-state index contributed by atoms with van der Waals surface area (Å²) < 4.78 is 0. The highest BCUT2D eigenvalue weighted by molar-refractivity contribution is 5.66. The van der Waals surface area contributed by atoms with Crippen molar-refractivity contribution in [2.75, 3.05) is 6.61 Å². The largest absolute Gasteiger partial charge is 0.481 e. The summed E-state index contributed by atoms with van der Waals surface area (Å²) in [5.41, 5.74) is 0. The molecule has 0 aromatic rings. The van der Waals surface area contributed by atoms with Crippen molar-refractivity contribution in [2.45, 2.75) is 38.1 Å². The van der Waals surface area contributed by atoms with E-state index in [9.17, 15) is 9.59 Å². The minimum absolute atomic E-state index is 0.0869. The quantitative estimate of drug-likeness (QED) is 0.342. The van der Waals surface area contributed by atoms with Crippen LogP contribution in [-0.2, 0) is 9.59 Å². The smallest absolute Gasteiger partial charge is 0.303 e. The molecule has 7 nitrogen and oxygen atoms in total. The third-order valence-electron chi connectivity index (χ3n) is 1.53. The highest BCUT2D eigenvalue weighted by atomic mass is 16.4. The molecular formula is C9H18O7. The zero-order valence-corrected chi connectivity index (χ0v) is 8.98. The van der Waals surface area contributed by atoms with Crippen molar-refractivity contribution < 1.29 is 35.1 Å². The Hall–Kier alpha value is -1.02. The zero-order chi connectivity index (χ0) is 13.1. The first kappa shape index (κ1) is 17.4. The average Bonchev–Trinajstić information content (AvgIpc) is 2.26. The second-order valence-corrected chi connectivity index (χ2v) is 3.01. The second kappa shape index (κ2) is 10.5. The van der Waals surface area contributed by atoms with Crippen molar-refractivity contribution in [3.63, 3.8) is 0 Å². The van der Waals surface area contributed by atoms with E-state index in [1.54, 1.807) is 0 Å². The summed E-state index contributed by atoms with van der Waals surface area (Å²) in [6.07, 6.45) is -3.61. The first-order chi connectivity index (χ1) is 7.40. The number of carboxylic acids is 1. The van der Waals surface area contributed by atoms with Crippen LogP contribution in [0.2, 0.25) is 0 Å². The Bertz CT molecular complexity index is 194. The monoisotopic (exact) mass is 238 g/mol. The first-order valence-electron chi connectivity index (χ1n) is 4.72. The van der Waals surface area contributed by atoms with Crippen LogP contribution >= 0.6 is 0 Å². The van der Waals surface area contributed by atoms with E-state index in [1.165, 1.54) is 0 Å². The maximum Gasteiger partial charge on any atom is 0.303 e. The molecular weight excluding hydrogens is 220 g/mol. The van der Waals surface area contributed by atoms with Crippen LogP contribution in [0.25, 0.3) is 0 Å². The lowest BCUT2D eigenvalue weighted by Crippen LogP contribution is -2.40. The van der Waals surface area contributed by atoms with Crippen LogP contribution in [0.3, 0.4) is 0 Å². The van der Waals surface area contributed by atoms with Gasteiger partial charge in [0.25, 0.3) is 0 Å². The molecule has 0 saturated heterocycles. The summed E-state index contributed by atoms with van der Waals surface area (Å²) in [7, 11) is 0. The van der Waals surface area contributed by atoms with Gasteiger partial charge in [-0.25, -0.2) is 0 Å². The molecule has 0 saturated carbocycles. The van der Waals surface area contributed by atoms with E-state index in [0.717, 1.165) is 6.42 Å². The van der Waals surface area contributed by atoms with E-state index < -0.39 is 30.9 Å². The molecule has 0 aromatic carbocycles. The minimum Gasteiger partial charge on any atom is -0.481 e. The maximum atomic E-state index is 9.76. The zero-order valence-electron chi connectivity index (χ0n) is 8.98. The molecule has 0 aliphatic carbocycles. The van der Waals surface area contributed by atoms with Crippen LogP contribution in [0.1, 0.15) is 19.8 Å². The van der Waals surface area contributed by atoms with Gasteiger partial charge in [0.1, 0.15) is 18.3 Å². The summed E-state index contributed by atoms with van der Waals surface area (Å²) in [4.78, 5) is 19.4. The lowest BCUT2D eigenvalue weighted by atomic mass is 10.1. The van der Waals surface area contributed by atoms with Gasteiger partial charge in [-0.15, -0.1) is 0 Å². The van der Waals surface area contributed by atoms with Gasteiger partial charge in [-0.3, -0.25) is 4.79 Å². The third-order valence-corrected chi connectivity index (χ3v) is 1.53. The normalized spacial score (nSPS) is 15.3. The molecule has 5 N–H and O–H groups in total. The summed E-state index contributed by atoms with van der Waals surface area (Å²) >= 11 is 0. The van der Waals surface area contributed by atoms with Gasteiger partial charge in [0, 0.05) is 6.42 Å². The van der Waals surface area contributed by atoms with Gasteiger partial charge in [-0.1, -0.05) is 6.92 Å². The van der Waals surface area contributed by atoms with Crippen molar-refractivity contribution in [2.24, 2.45) is 0 Å². The molecule has 0 aromatic heterocycles. The van der Waals surface area contributed by atoms with Gasteiger partial charge in [-0.05, 0) is 6.42 Å². The number of aliphatic carboxylic acids is 1. The Morgan fingerprint density at radius 1 is 1.31 bits per heavy atom. The van der Waals surface area contributed by atoms with E-state index >= 15 is 0 Å². The average molecular weight is 238 g/mol. The predicted octanol–water partition coefficient (Wildman–Crippen LogP) is -1.87. The van der Waals surface area contributed by atoms with Crippen molar-refractivity contribution in [1.82, 2.24) is 0 Å². The molecule has 3 atom stereocenters. The lowest BCUT2D eigenvalue weighted by Gasteiger charge is -2.16. The van der Waals surface area contributed by atoms with Gasteiger partial charge in [0.05, 0.1) is 6.61 Å². The molecule has 0 spiro atoms. The summed E-state index contributed by atoms with van der Waals surface area (Å²) in [5.74, 6) is -0.711. The van der Waals surface area contributed by atoms with Crippen molar-refractivity contribution in [3.8, 4) is 0 Å². The number of hydrogen-bond donors (Lipinski definition) is 5. The molecule has 0 aliphatic heterocycles. The van der Waals surface area contributed by atoms with E-state index in [1.807, 2.05) is 6.92 Å². The molecule has 0 fully saturated rings. The molecule has 0 unspecified atom stereocenters. The van der Waals surface area contributed by atoms with Crippen LogP contribution in [0.15, 0.2) is 0 Å². The number of aldehydes is 1. The number of carbonyl (C=O) groups is 2. The fourth-order valence-electron chi connectivity index (χ4n) is 0.630. The van der Waals surface area contributed by atoms with E-state index in [-0.39, 0.29) is 6.29 Å². The maximum absolute atomic E-state index is 9.76. The first-order valence-corrected chi connectivity index (χ1v) is 4.72. The molecule has 0 rings (SSSR count). The number of aliphatic hydroxyl groups is 4. The number of aliphatic hydroxyl groups excluding tert-OH is 4. The van der Waals surface area contributed by atoms with E-state index in [0.29, 0.717) is 6.42 Å². The minimum atomic E-state index is -1.64. The van der Waals surface area contributed by atoms with Crippen LogP contribution in [-0.4, -0.2) is 62.7 Å². The molecule has 0 aliphatic rings. The molecule has 0 radical (unpaired) electrons. The topological polar surface area (TPSA) is 135 Å². The molecule has 7 heteroatoms. The van der Waals surface area contributed by atoms with Crippen LogP contribution < -0.4 is 0 Å². The van der Waals surface area contributed by atoms with Crippen molar-refractivity contribution in [3.05, 3.63) is 0 Å². The summed E-state index contributed by atoms with van der Waals surface area (Å²) in [6.45, 7) is 1.15. The van der Waals surface area contributed by atoms with Gasteiger partial charge in [0.15, 0.2) is 6.29 Å². The van der Waals surface area contributed by atoms with Gasteiger partial charge >= 0.3 is 5.97 Å². The Balaban J connectivity index is 0. The van der Waals surface area contributed by atoms with Crippen molar-refractivity contribution in [1.29, 1.82) is 0 Å². The molecule has 96 valence electrons. The highest BCUT2D eigenvalue weighted by Crippen LogP contribution is 1.96. The Morgan fingerprint density at radius 3 is 2.00 bits per heavy atom. The van der Waals surface area contributed by atoms with Crippen LogP contribution in [0.5, 0.6) is 0 Å².